The van der Waals surface area contributed by atoms with Crippen LogP contribution in [-0.4, -0.2) is 36.6 Å². The second-order valence-corrected chi connectivity index (χ2v) is 6.78. The van der Waals surface area contributed by atoms with E-state index in [0.717, 1.165) is 0 Å². The Balaban J connectivity index is 0.000000279. The van der Waals surface area contributed by atoms with E-state index in [1.807, 2.05) is 0 Å². The summed E-state index contributed by atoms with van der Waals surface area (Å²) in [6.07, 6.45) is 11.5. The number of aliphatic hydroxyl groups is 2. The zero-order valence-corrected chi connectivity index (χ0v) is 16.3. The highest BCUT2D eigenvalue weighted by molar-refractivity contribution is 5.69. The molecule has 2 unspecified atom stereocenters. The van der Waals surface area contributed by atoms with Crippen LogP contribution in [0.1, 0.15) is 41.0 Å². The first-order valence-electron chi connectivity index (χ1n) is 9.80. The first-order valence-corrected chi connectivity index (χ1v) is 9.80. The van der Waals surface area contributed by atoms with Crippen LogP contribution in [0.5, 0.6) is 0 Å². The van der Waals surface area contributed by atoms with Gasteiger partial charge in [-0.05, 0) is 29.2 Å². The Morgan fingerprint density at radius 2 is 1.29 bits per heavy atom. The van der Waals surface area contributed by atoms with Gasteiger partial charge < -0.3 is 14.9 Å². The van der Waals surface area contributed by atoms with Gasteiger partial charge in [0.05, 0.1) is 26.4 Å². The van der Waals surface area contributed by atoms with Gasteiger partial charge in [0.2, 0.25) is 0 Å². The van der Waals surface area contributed by atoms with Crippen LogP contribution >= 0.6 is 0 Å². The Kier molecular flexibility index (Phi) is 7.38. The molecule has 0 spiro atoms. The van der Waals surface area contributed by atoms with Crippen molar-refractivity contribution in [1.82, 2.24) is 0 Å². The van der Waals surface area contributed by atoms with Gasteiger partial charge in [-0.1, -0.05) is 84.5 Å². The SMILES string of the molecule is CC=C(C1C=Cc2ccccc21)C1C=Cc2ccccc21.OCCOCCO. The fourth-order valence-corrected chi connectivity index (χ4v) is 3.86. The Morgan fingerprint density at radius 1 is 0.821 bits per heavy atom. The number of aliphatic hydroxyl groups excluding tert-OH is 2. The summed E-state index contributed by atoms with van der Waals surface area (Å²) >= 11 is 0. The number of hydrogen-bond acceptors (Lipinski definition) is 3. The minimum absolute atomic E-state index is 0.0278. The number of hydrogen-bond donors (Lipinski definition) is 2. The molecule has 0 fully saturated rings. The number of ether oxygens (including phenoxy) is 1. The van der Waals surface area contributed by atoms with Crippen molar-refractivity contribution in [2.75, 3.05) is 26.4 Å². The molecule has 0 bridgehead atoms. The third kappa shape index (κ3) is 4.50. The van der Waals surface area contributed by atoms with Crippen molar-refractivity contribution in [1.29, 1.82) is 0 Å². The van der Waals surface area contributed by atoms with Gasteiger partial charge in [0.15, 0.2) is 0 Å². The summed E-state index contributed by atoms with van der Waals surface area (Å²) in [6.45, 7) is 2.86. The Bertz CT molecular complexity index is 796. The standard InChI is InChI=1S/C21H18.C4H10O3/c1-2-17(20-13-11-15-7-3-5-9-18(15)20)21-14-12-16-8-4-6-10-19(16)21;5-1-3-7-4-2-6/h2-14,20-21H,1H3;5-6H,1-4H2. The van der Waals surface area contributed by atoms with E-state index in [1.165, 1.54) is 27.8 Å². The summed E-state index contributed by atoms with van der Waals surface area (Å²) in [7, 11) is 0. The quantitative estimate of drug-likeness (QED) is 0.575. The highest BCUT2D eigenvalue weighted by Crippen LogP contribution is 2.45. The molecule has 2 aromatic rings. The van der Waals surface area contributed by atoms with Gasteiger partial charge in [-0.25, -0.2) is 0 Å². The fourth-order valence-electron chi connectivity index (χ4n) is 3.86. The van der Waals surface area contributed by atoms with Crippen molar-refractivity contribution in [2.45, 2.75) is 18.8 Å². The molecule has 3 nitrogen and oxygen atoms in total. The number of benzene rings is 2. The Hall–Kier alpha value is -2.46. The minimum Gasteiger partial charge on any atom is -0.394 e. The van der Waals surface area contributed by atoms with E-state index in [4.69, 9.17) is 10.2 Å². The maximum Gasteiger partial charge on any atom is 0.0698 e. The predicted octanol–water partition coefficient (Wildman–Crippen LogP) is 4.54. The van der Waals surface area contributed by atoms with Crippen LogP contribution in [0.2, 0.25) is 0 Å². The molecule has 4 rings (SSSR count). The summed E-state index contributed by atoms with van der Waals surface area (Å²) in [5.74, 6) is 0.819. The summed E-state index contributed by atoms with van der Waals surface area (Å²) in [5.41, 5.74) is 7.07. The number of allylic oxidation sites excluding steroid dienone is 4. The molecule has 28 heavy (non-hydrogen) atoms. The molecule has 2 N–H and O–H groups in total. The van der Waals surface area contributed by atoms with E-state index in [-0.39, 0.29) is 13.2 Å². The van der Waals surface area contributed by atoms with E-state index in [9.17, 15) is 0 Å². The zero-order valence-electron chi connectivity index (χ0n) is 16.3. The summed E-state index contributed by atoms with van der Waals surface area (Å²) in [4.78, 5) is 0. The van der Waals surface area contributed by atoms with Gasteiger partial charge in [-0.3, -0.25) is 0 Å². The third-order valence-corrected chi connectivity index (χ3v) is 5.12. The molecule has 0 aliphatic heterocycles. The molecule has 0 heterocycles. The normalized spacial score (nSPS) is 18.2. The third-order valence-electron chi connectivity index (χ3n) is 5.12. The molecule has 3 heteroatoms. The van der Waals surface area contributed by atoms with Crippen LogP contribution in [0.4, 0.5) is 0 Å². The molecule has 2 aliphatic carbocycles. The van der Waals surface area contributed by atoms with E-state index in [1.54, 1.807) is 0 Å². The highest BCUT2D eigenvalue weighted by Gasteiger charge is 2.28. The zero-order chi connectivity index (χ0) is 19.8. The summed E-state index contributed by atoms with van der Waals surface area (Å²) in [5, 5.41) is 16.2. The van der Waals surface area contributed by atoms with Crippen molar-refractivity contribution < 1.29 is 14.9 Å². The topological polar surface area (TPSA) is 49.7 Å². The molecule has 2 aromatic carbocycles. The summed E-state index contributed by atoms with van der Waals surface area (Å²) in [6, 6.07) is 17.4. The monoisotopic (exact) mass is 376 g/mol. The van der Waals surface area contributed by atoms with E-state index in [2.05, 4.69) is 90.6 Å². The van der Waals surface area contributed by atoms with Crippen LogP contribution in [0, 0.1) is 0 Å². The number of rotatable bonds is 6. The highest BCUT2D eigenvalue weighted by atomic mass is 16.5. The largest absolute Gasteiger partial charge is 0.394 e. The maximum absolute atomic E-state index is 8.09. The fraction of sp³-hybridized carbons (Fsp3) is 0.280. The van der Waals surface area contributed by atoms with Gasteiger partial charge >= 0.3 is 0 Å². The van der Waals surface area contributed by atoms with Gasteiger partial charge in [0, 0.05) is 11.8 Å². The minimum atomic E-state index is 0.0278. The molecule has 0 saturated carbocycles. The summed E-state index contributed by atoms with van der Waals surface area (Å²) < 4.78 is 4.63. The van der Waals surface area contributed by atoms with Gasteiger partial charge in [0.1, 0.15) is 0 Å². The molecule has 0 amide bonds. The van der Waals surface area contributed by atoms with Crippen molar-refractivity contribution in [3.8, 4) is 0 Å². The predicted molar refractivity (Wildman–Crippen MR) is 115 cm³/mol. The molecule has 146 valence electrons. The second-order valence-electron chi connectivity index (χ2n) is 6.78. The number of fused-ring (bicyclic) bond motifs is 2. The molecule has 0 aromatic heterocycles. The average molecular weight is 376 g/mol. The maximum atomic E-state index is 8.09. The second kappa shape index (κ2) is 10.2. The lowest BCUT2D eigenvalue weighted by molar-refractivity contribution is 0.0650. The molecular formula is C25H28O3. The molecule has 2 aliphatic rings. The van der Waals surface area contributed by atoms with Crippen molar-refractivity contribution >= 4 is 12.2 Å². The van der Waals surface area contributed by atoms with Crippen LogP contribution in [0.25, 0.3) is 12.2 Å². The van der Waals surface area contributed by atoms with E-state index >= 15 is 0 Å². The lowest BCUT2D eigenvalue weighted by Crippen LogP contribution is -2.06. The lowest BCUT2D eigenvalue weighted by Gasteiger charge is -2.22. The first-order chi connectivity index (χ1) is 13.8. The first kappa shape index (κ1) is 20.3. The molecule has 2 atom stereocenters. The average Bonchev–Trinajstić information content (AvgIpc) is 3.35. The van der Waals surface area contributed by atoms with E-state index < -0.39 is 0 Å². The molecular weight excluding hydrogens is 348 g/mol. The van der Waals surface area contributed by atoms with Gasteiger partial charge in [-0.2, -0.15) is 0 Å². The lowest BCUT2D eigenvalue weighted by atomic mass is 9.82. The van der Waals surface area contributed by atoms with Gasteiger partial charge in [-0.15, -0.1) is 0 Å². The van der Waals surface area contributed by atoms with Crippen molar-refractivity contribution in [3.05, 3.63) is 94.6 Å². The van der Waals surface area contributed by atoms with Gasteiger partial charge in [0.25, 0.3) is 0 Å². The molecule has 0 radical (unpaired) electrons. The van der Waals surface area contributed by atoms with Crippen molar-refractivity contribution in [2.24, 2.45) is 0 Å². The van der Waals surface area contributed by atoms with E-state index in [0.29, 0.717) is 25.0 Å². The van der Waals surface area contributed by atoms with Crippen LogP contribution in [0.3, 0.4) is 0 Å². The van der Waals surface area contributed by atoms with Crippen molar-refractivity contribution in [3.63, 3.8) is 0 Å². The Labute approximate surface area is 167 Å². The van der Waals surface area contributed by atoms with Crippen LogP contribution in [-0.2, 0) is 4.74 Å². The molecule has 0 saturated heterocycles. The van der Waals surface area contributed by atoms with Crippen LogP contribution < -0.4 is 0 Å². The van der Waals surface area contributed by atoms with Crippen LogP contribution in [0.15, 0.2) is 72.3 Å². The smallest absolute Gasteiger partial charge is 0.0698 e. The Morgan fingerprint density at radius 3 is 1.71 bits per heavy atom.